The van der Waals surface area contributed by atoms with Gasteiger partial charge in [0.25, 0.3) is 0 Å². The van der Waals surface area contributed by atoms with Crippen LogP contribution in [0.15, 0.2) is 47.5 Å². The number of hydrogen-bond acceptors (Lipinski definition) is 4. The minimum absolute atomic E-state index is 0. The number of hydrogen-bond donors (Lipinski definition) is 2. The molecule has 0 bridgehead atoms. The summed E-state index contributed by atoms with van der Waals surface area (Å²) >= 11 is 0. The van der Waals surface area contributed by atoms with Crippen LogP contribution >= 0.6 is 24.0 Å². The van der Waals surface area contributed by atoms with Crippen LogP contribution in [-0.4, -0.2) is 33.8 Å². The zero-order chi connectivity index (χ0) is 18.8. The molecular formula is C20H28IN3O3. The van der Waals surface area contributed by atoms with Crippen LogP contribution in [-0.2, 0) is 13.1 Å². The highest BCUT2D eigenvalue weighted by molar-refractivity contribution is 14.0. The summed E-state index contributed by atoms with van der Waals surface area (Å²) in [6.45, 7) is 4.01. The summed E-state index contributed by atoms with van der Waals surface area (Å²) in [6.07, 6.45) is 0. The first-order valence-electron chi connectivity index (χ1n) is 8.56. The van der Waals surface area contributed by atoms with Gasteiger partial charge in [-0.15, -0.1) is 24.0 Å². The SMILES string of the molecule is CCNC(=NCc1ccc(OC)cc1)NCc1ccc(OC)cc1OC.I. The second-order valence-corrected chi connectivity index (χ2v) is 5.57. The number of methoxy groups -OCH3 is 3. The Morgan fingerprint density at radius 2 is 1.56 bits per heavy atom. The summed E-state index contributed by atoms with van der Waals surface area (Å²) < 4.78 is 15.9. The zero-order valence-corrected chi connectivity index (χ0v) is 18.6. The molecule has 2 aromatic rings. The number of benzene rings is 2. The molecule has 0 fully saturated rings. The lowest BCUT2D eigenvalue weighted by Gasteiger charge is -2.14. The lowest BCUT2D eigenvalue weighted by molar-refractivity contribution is 0.390. The fourth-order valence-electron chi connectivity index (χ4n) is 2.42. The van der Waals surface area contributed by atoms with Crippen molar-refractivity contribution >= 4 is 29.9 Å². The number of nitrogens with zero attached hydrogens (tertiary/aromatic N) is 1. The van der Waals surface area contributed by atoms with E-state index in [1.54, 1.807) is 21.3 Å². The molecule has 2 rings (SSSR count). The Morgan fingerprint density at radius 3 is 2.15 bits per heavy atom. The van der Waals surface area contributed by atoms with Gasteiger partial charge in [0, 0.05) is 24.7 Å². The predicted octanol–water partition coefficient (Wildman–Crippen LogP) is 3.59. The average molecular weight is 485 g/mol. The highest BCUT2D eigenvalue weighted by atomic mass is 127. The van der Waals surface area contributed by atoms with E-state index in [1.165, 1.54) is 0 Å². The fraction of sp³-hybridized carbons (Fsp3) is 0.350. The standard InChI is InChI=1S/C20H27N3O3.HI/c1-5-21-20(22-13-15-6-9-17(24-2)10-7-15)23-14-16-8-11-18(25-3)12-19(16)26-4;/h6-12H,5,13-14H2,1-4H3,(H2,21,22,23);1H. The van der Waals surface area contributed by atoms with Gasteiger partial charge >= 0.3 is 0 Å². The van der Waals surface area contributed by atoms with Crippen LogP contribution in [0.4, 0.5) is 0 Å². The molecule has 2 N–H and O–H groups in total. The summed E-state index contributed by atoms with van der Waals surface area (Å²) in [5, 5.41) is 6.59. The van der Waals surface area contributed by atoms with Crippen LogP contribution in [0.1, 0.15) is 18.1 Å². The molecule has 148 valence electrons. The Hall–Kier alpha value is -2.16. The summed E-state index contributed by atoms with van der Waals surface area (Å²) in [6, 6.07) is 13.7. The van der Waals surface area contributed by atoms with Crippen molar-refractivity contribution in [3.63, 3.8) is 0 Å². The number of rotatable bonds is 8. The van der Waals surface area contributed by atoms with Gasteiger partial charge in [0.15, 0.2) is 5.96 Å². The van der Waals surface area contributed by atoms with Gasteiger partial charge in [0.2, 0.25) is 0 Å². The third kappa shape index (κ3) is 7.16. The van der Waals surface area contributed by atoms with Gasteiger partial charge in [0.05, 0.1) is 27.9 Å². The zero-order valence-electron chi connectivity index (χ0n) is 16.2. The molecule has 0 aromatic heterocycles. The highest BCUT2D eigenvalue weighted by Gasteiger charge is 2.06. The van der Waals surface area contributed by atoms with Crippen LogP contribution in [0.5, 0.6) is 17.2 Å². The Kier molecular flexibility index (Phi) is 10.4. The molecular weight excluding hydrogens is 457 g/mol. The molecule has 0 saturated carbocycles. The number of aliphatic imine (C=N–C) groups is 1. The quantitative estimate of drug-likeness (QED) is 0.340. The summed E-state index contributed by atoms with van der Waals surface area (Å²) in [7, 11) is 4.96. The Labute approximate surface area is 178 Å². The monoisotopic (exact) mass is 485 g/mol. The normalized spacial score (nSPS) is 10.6. The van der Waals surface area contributed by atoms with Crippen molar-refractivity contribution in [2.45, 2.75) is 20.0 Å². The molecule has 0 amide bonds. The molecule has 7 heteroatoms. The van der Waals surface area contributed by atoms with Gasteiger partial charge in [-0.2, -0.15) is 0 Å². The van der Waals surface area contributed by atoms with E-state index in [1.807, 2.05) is 49.4 Å². The first-order valence-corrected chi connectivity index (χ1v) is 8.56. The molecule has 0 atom stereocenters. The van der Waals surface area contributed by atoms with Crippen LogP contribution in [0.25, 0.3) is 0 Å². The first-order chi connectivity index (χ1) is 12.7. The second-order valence-electron chi connectivity index (χ2n) is 5.57. The molecule has 0 spiro atoms. The van der Waals surface area contributed by atoms with E-state index in [2.05, 4.69) is 15.6 Å². The van der Waals surface area contributed by atoms with Gasteiger partial charge in [-0.1, -0.05) is 12.1 Å². The van der Waals surface area contributed by atoms with Gasteiger partial charge in [0.1, 0.15) is 17.2 Å². The third-order valence-electron chi connectivity index (χ3n) is 3.86. The molecule has 6 nitrogen and oxygen atoms in total. The van der Waals surface area contributed by atoms with E-state index in [9.17, 15) is 0 Å². The van der Waals surface area contributed by atoms with Crippen molar-refractivity contribution < 1.29 is 14.2 Å². The third-order valence-corrected chi connectivity index (χ3v) is 3.86. The Morgan fingerprint density at radius 1 is 0.889 bits per heavy atom. The van der Waals surface area contributed by atoms with Crippen molar-refractivity contribution in [3.8, 4) is 17.2 Å². The molecule has 0 saturated heterocycles. The van der Waals surface area contributed by atoms with Crippen molar-refractivity contribution in [2.24, 2.45) is 4.99 Å². The fourth-order valence-corrected chi connectivity index (χ4v) is 2.42. The van der Waals surface area contributed by atoms with Gasteiger partial charge in [-0.05, 0) is 36.8 Å². The van der Waals surface area contributed by atoms with E-state index in [-0.39, 0.29) is 24.0 Å². The van der Waals surface area contributed by atoms with E-state index < -0.39 is 0 Å². The van der Waals surface area contributed by atoms with E-state index >= 15 is 0 Å². The maximum atomic E-state index is 5.44. The summed E-state index contributed by atoms with van der Waals surface area (Å²) in [5.41, 5.74) is 2.15. The molecule has 2 aromatic carbocycles. The van der Waals surface area contributed by atoms with Crippen LogP contribution in [0, 0.1) is 0 Å². The van der Waals surface area contributed by atoms with Crippen LogP contribution in [0.2, 0.25) is 0 Å². The maximum absolute atomic E-state index is 5.44. The molecule has 0 heterocycles. The lowest BCUT2D eigenvalue weighted by atomic mass is 10.2. The molecule has 0 aliphatic carbocycles. The topological polar surface area (TPSA) is 64.1 Å². The molecule has 0 aliphatic heterocycles. The Bertz CT molecular complexity index is 721. The maximum Gasteiger partial charge on any atom is 0.191 e. The first kappa shape index (κ1) is 22.9. The second kappa shape index (κ2) is 12.3. The summed E-state index contributed by atoms with van der Waals surface area (Å²) in [5.74, 6) is 3.14. The average Bonchev–Trinajstić information content (AvgIpc) is 2.70. The predicted molar refractivity (Wildman–Crippen MR) is 120 cm³/mol. The number of nitrogens with one attached hydrogen (secondary N) is 2. The van der Waals surface area contributed by atoms with Crippen LogP contribution < -0.4 is 24.8 Å². The van der Waals surface area contributed by atoms with Crippen molar-refractivity contribution in [2.75, 3.05) is 27.9 Å². The van der Waals surface area contributed by atoms with E-state index in [0.29, 0.717) is 13.1 Å². The van der Waals surface area contributed by atoms with E-state index in [0.717, 1.165) is 40.9 Å². The number of guanidine groups is 1. The van der Waals surface area contributed by atoms with Crippen molar-refractivity contribution in [1.82, 2.24) is 10.6 Å². The minimum atomic E-state index is 0. The number of ether oxygens (including phenoxy) is 3. The smallest absolute Gasteiger partial charge is 0.191 e. The molecule has 0 aliphatic rings. The van der Waals surface area contributed by atoms with Crippen molar-refractivity contribution in [3.05, 3.63) is 53.6 Å². The van der Waals surface area contributed by atoms with E-state index in [4.69, 9.17) is 14.2 Å². The van der Waals surface area contributed by atoms with Gasteiger partial charge < -0.3 is 24.8 Å². The highest BCUT2D eigenvalue weighted by Crippen LogP contribution is 2.24. The lowest BCUT2D eigenvalue weighted by Crippen LogP contribution is -2.36. The molecule has 0 radical (unpaired) electrons. The van der Waals surface area contributed by atoms with Crippen LogP contribution in [0.3, 0.4) is 0 Å². The largest absolute Gasteiger partial charge is 0.497 e. The summed E-state index contributed by atoms with van der Waals surface area (Å²) in [4.78, 5) is 4.63. The molecule has 27 heavy (non-hydrogen) atoms. The van der Waals surface area contributed by atoms with Crippen molar-refractivity contribution in [1.29, 1.82) is 0 Å². The minimum Gasteiger partial charge on any atom is -0.497 e. The van der Waals surface area contributed by atoms with Gasteiger partial charge in [-0.25, -0.2) is 4.99 Å². The molecule has 0 unspecified atom stereocenters. The van der Waals surface area contributed by atoms with Gasteiger partial charge in [-0.3, -0.25) is 0 Å². The Balaban J connectivity index is 0.00000364. The number of halogens is 1.